The van der Waals surface area contributed by atoms with Gasteiger partial charge in [-0.25, -0.2) is 0 Å². The number of aliphatic imine (C=N–C) groups is 1. The Kier molecular flexibility index (Phi) is 6.29. The molecule has 0 saturated carbocycles. The largest absolute Gasteiger partial charge is 0.494 e. The standard InChI is InChI=1S/C14H24N4O2S/c1-5-6-8-17-13(20)11(12(19)16-14(17)21)10-15-7-9-18(2,3)4/h10H,5-9H2,1-4H3,(H-,15,16,19,20,21)/p+1. The van der Waals surface area contributed by atoms with E-state index in [9.17, 15) is 9.90 Å². The van der Waals surface area contributed by atoms with Gasteiger partial charge in [0, 0.05) is 12.8 Å². The van der Waals surface area contributed by atoms with E-state index in [1.54, 1.807) is 4.57 Å². The molecule has 118 valence electrons. The molecular formula is C14H25N4O2S+. The number of aromatic hydroxyl groups is 1. The quantitative estimate of drug-likeness (QED) is 0.456. The van der Waals surface area contributed by atoms with Crippen LogP contribution in [-0.2, 0) is 6.54 Å². The summed E-state index contributed by atoms with van der Waals surface area (Å²) in [7, 11) is 6.22. The van der Waals surface area contributed by atoms with Crippen molar-refractivity contribution in [3.05, 3.63) is 20.7 Å². The number of H-pyrrole nitrogens is 1. The van der Waals surface area contributed by atoms with Crippen molar-refractivity contribution in [1.82, 2.24) is 9.55 Å². The van der Waals surface area contributed by atoms with Gasteiger partial charge < -0.3 is 9.59 Å². The fourth-order valence-corrected chi connectivity index (χ4v) is 2.00. The van der Waals surface area contributed by atoms with E-state index in [-0.39, 0.29) is 16.2 Å². The van der Waals surface area contributed by atoms with Gasteiger partial charge in [-0.2, -0.15) is 0 Å². The lowest BCUT2D eigenvalue weighted by Crippen LogP contribution is -2.36. The average Bonchev–Trinajstić information content (AvgIpc) is 2.36. The number of nitrogens with zero attached hydrogens (tertiary/aromatic N) is 3. The Hall–Kier alpha value is -1.47. The summed E-state index contributed by atoms with van der Waals surface area (Å²) in [5.74, 6) is -0.105. The van der Waals surface area contributed by atoms with Crippen molar-refractivity contribution in [2.24, 2.45) is 4.99 Å². The van der Waals surface area contributed by atoms with Crippen molar-refractivity contribution < 1.29 is 9.59 Å². The molecule has 0 spiro atoms. The molecule has 1 aromatic heterocycles. The van der Waals surface area contributed by atoms with Gasteiger partial charge in [0.25, 0.3) is 5.56 Å². The molecule has 6 nitrogen and oxygen atoms in total. The molecule has 2 N–H and O–H groups in total. The zero-order valence-corrected chi connectivity index (χ0v) is 14.0. The van der Waals surface area contributed by atoms with Crippen LogP contribution in [0.4, 0.5) is 0 Å². The molecule has 0 unspecified atom stereocenters. The highest BCUT2D eigenvalue weighted by atomic mass is 32.1. The molecule has 21 heavy (non-hydrogen) atoms. The number of hydrogen-bond donors (Lipinski definition) is 2. The van der Waals surface area contributed by atoms with Crippen molar-refractivity contribution in [1.29, 1.82) is 0 Å². The first-order chi connectivity index (χ1) is 9.76. The lowest BCUT2D eigenvalue weighted by atomic mass is 10.3. The third-order valence-electron chi connectivity index (χ3n) is 3.06. The fraction of sp³-hybridized carbons (Fsp3) is 0.643. The molecule has 0 aliphatic carbocycles. The normalized spacial score (nSPS) is 12.2. The summed E-state index contributed by atoms with van der Waals surface area (Å²) in [6.45, 7) is 4.08. The van der Waals surface area contributed by atoms with Gasteiger partial charge in [-0.15, -0.1) is 0 Å². The zero-order valence-electron chi connectivity index (χ0n) is 13.2. The predicted octanol–water partition coefficient (Wildman–Crippen LogP) is 1.54. The second kappa shape index (κ2) is 7.51. The first kappa shape index (κ1) is 17.6. The van der Waals surface area contributed by atoms with Crippen molar-refractivity contribution in [3.63, 3.8) is 0 Å². The third kappa shape index (κ3) is 5.43. The van der Waals surface area contributed by atoms with Crippen LogP contribution in [0.25, 0.3) is 0 Å². The molecule has 7 heteroatoms. The molecule has 0 amide bonds. The first-order valence-corrected chi connectivity index (χ1v) is 7.53. The van der Waals surface area contributed by atoms with Crippen LogP contribution < -0.4 is 5.56 Å². The van der Waals surface area contributed by atoms with E-state index in [2.05, 4.69) is 38.0 Å². The Morgan fingerprint density at radius 1 is 1.43 bits per heavy atom. The molecule has 1 heterocycles. The van der Waals surface area contributed by atoms with Crippen LogP contribution in [0.15, 0.2) is 9.79 Å². The lowest BCUT2D eigenvalue weighted by molar-refractivity contribution is -0.868. The zero-order chi connectivity index (χ0) is 16.0. The summed E-state index contributed by atoms with van der Waals surface area (Å²) in [5, 5.41) is 10.2. The highest BCUT2D eigenvalue weighted by Gasteiger charge is 2.11. The number of hydrogen-bond acceptors (Lipinski definition) is 4. The Balaban J connectivity index is 2.99. The molecule has 0 saturated heterocycles. The minimum Gasteiger partial charge on any atom is -0.494 e. The van der Waals surface area contributed by atoms with Crippen molar-refractivity contribution in [3.8, 4) is 5.88 Å². The molecule has 0 atom stereocenters. The Morgan fingerprint density at radius 3 is 2.67 bits per heavy atom. The van der Waals surface area contributed by atoms with Crippen LogP contribution >= 0.6 is 12.2 Å². The van der Waals surface area contributed by atoms with Crippen LogP contribution in [0.3, 0.4) is 0 Å². The summed E-state index contributed by atoms with van der Waals surface area (Å²) < 4.78 is 2.58. The molecular weight excluding hydrogens is 288 g/mol. The molecule has 0 radical (unpaired) electrons. The number of aromatic amines is 1. The number of nitrogens with one attached hydrogen (secondary N) is 1. The number of rotatable bonds is 7. The minimum atomic E-state index is -0.403. The highest BCUT2D eigenvalue weighted by molar-refractivity contribution is 7.71. The highest BCUT2D eigenvalue weighted by Crippen LogP contribution is 2.12. The van der Waals surface area contributed by atoms with Gasteiger partial charge in [0.05, 0.1) is 34.2 Å². The Bertz CT molecular complexity index is 611. The van der Waals surface area contributed by atoms with Crippen LogP contribution in [0, 0.1) is 4.77 Å². The minimum absolute atomic E-state index is 0.105. The fourth-order valence-electron chi connectivity index (χ4n) is 1.73. The summed E-state index contributed by atoms with van der Waals surface area (Å²) in [5.41, 5.74) is -0.236. The summed E-state index contributed by atoms with van der Waals surface area (Å²) >= 11 is 5.08. The van der Waals surface area contributed by atoms with Gasteiger partial charge in [-0.3, -0.25) is 19.3 Å². The smallest absolute Gasteiger partial charge is 0.264 e. The molecule has 1 rings (SSSR count). The molecule has 0 bridgehead atoms. The Morgan fingerprint density at radius 2 is 2.10 bits per heavy atom. The van der Waals surface area contributed by atoms with Crippen molar-refractivity contribution >= 4 is 18.4 Å². The maximum Gasteiger partial charge on any atom is 0.264 e. The molecule has 1 aromatic rings. The first-order valence-electron chi connectivity index (χ1n) is 7.12. The lowest BCUT2D eigenvalue weighted by Gasteiger charge is -2.22. The van der Waals surface area contributed by atoms with E-state index < -0.39 is 5.56 Å². The van der Waals surface area contributed by atoms with Crippen LogP contribution in [-0.4, -0.2) is 59.6 Å². The van der Waals surface area contributed by atoms with Gasteiger partial charge >= 0.3 is 0 Å². The van der Waals surface area contributed by atoms with Gasteiger partial charge in [-0.05, 0) is 18.6 Å². The van der Waals surface area contributed by atoms with Crippen LogP contribution in [0.2, 0.25) is 0 Å². The van der Waals surface area contributed by atoms with E-state index in [1.165, 1.54) is 6.21 Å². The monoisotopic (exact) mass is 313 g/mol. The number of unbranched alkanes of at least 4 members (excludes halogenated alkanes) is 1. The van der Waals surface area contributed by atoms with E-state index in [0.717, 1.165) is 23.9 Å². The maximum absolute atomic E-state index is 11.9. The summed E-state index contributed by atoms with van der Waals surface area (Å²) in [4.78, 5) is 18.7. The second-order valence-electron chi connectivity index (χ2n) is 6.05. The summed E-state index contributed by atoms with van der Waals surface area (Å²) in [6.07, 6.45) is 3.29. The van der Waals surface area contributed by atoms with Gasteiger partial charge in [0.1, 0.15) is 5.56 Å². The summed E-state index contributed by atoms with van der Waals surface area (Å²) in [6, 6.07) is 0. The van der Waals surface area contributed by atoms with Crippen molar-refractivity contribution in [2.75, 3.05) is 34.2 Å². The Labute approximate surface area is 130 Å². The SMILES string of the molecule is CCCCn1c(O)c(C=NCC[N+](C)(C)C)c(=O)[nH]c1=S. The van der Waals surface area contributed by atoms with E-state index >= 15 is 0 Å². The molecule has 0 aliphatic rings. The van der Waals surface area contributed by atoms with Crippen LogP contribution in [0.1, 0.15) is 25.3 Å². The van der Waals surface area contributed by atoms with Crippen LogP contribution in [0.5, 0.6) is 5.88 Å². The van der Waals surface area contributed by atoms with Gasteiger partial charge in [0.2, 0.25) is 5.88 Å². The van der Waals surface area contributed by atoms with Crippen molar-refractivity contribution in [2.45, 2.75) is 26.3 Å². The van der Waals surface area contributed by atoms with E-state index in [0.29, 0.717) is 13.1 Å². The topological polar surface area (TPSA) is 70.4 Å². The third-order valence-corrected chi connectivity index (χ3v) is 3.38. The number of likely N-dealkylation sites (N-methyl/N-ethyl adjacent to an activating group) is 1. The predicted molar refractivity (Wildman–Crippen MR) is 87.8 cm³/mol. The van der Waals surface area contributed by atoms with E-state index in [1.807, 2.05) is 0 Å². The maximum atomic E-state index is 11.9. The number of aromatic nitrogens is 2. The molecule has 0 aromatic carbocycles. The van der Waals surface area contributed by atoms with Gasteiger partial charge in [-0.1, -0.05) is 13.3 Å². The van der Waals surface area contributed by atoms with E-state index in [4.69, 9.17) is 12.2 Å². The molecule has 0 aliphatic heterocycles. The second-order valence-corrected chi connectivity index (χ2v) is 6.44. The average molecular weight is 313 g/mol. The van der Waals surface area contributed by atoms with Gasteiger partial charge in [0.15, 0.2) is 4.77 Å². The molecule has 0 fully saturated rings. The number of quaternary nitrogens is 1.